The minimum atomic E-state index is 0.196. The topological polar surface area (TPSA) is 77.8 Å². The molecular weight excluding hydrogens is 304 g/mol. The fourth-order valence-corrected chi connectivity index (χ4v) is 2.42. The van der Waals surface area contributed by atoms with Crippen LogP contribution in [0.15, 0.2) is 33.3 Å². The number of rotatable bonds is 6. The van der Waals surface area contributed by atoms with Crippen LogP contribution < -0.4 is 0 Å². The Hall–Kier alpha value is -2.50. The molecular formula is C18H22N4O2. The molecule has 0 fully saturated rings. The summed E-state index contributed by atoms with van der Waals surface area (Å²) in [6.45, 7) is 8.19. The van der Waals surface area contributed by atoms with Gasteiger partial charge < -0.3 is 9.05 Å². The third-order valence-corrected chi connectivity index (χ3v) is 3.92. The second-order valence-electron chi connectivity index (χ2n) is 6.32. The fraction of sp³-hybridized carbons (Fsp3) is 0.444. The molecule has 1 unspecified atom stereocenters. The summed E-state index contributed by atoms with van der Waals surface area (Å²) in [6, 6.07) is 8.16. The van der Waals surface area contributed by atoms with Crippen molar-refractivity contribution in [3.8, 4) is 11.5 Å². The molecule has 0 N–H and O–H groups in total. The van der Waals surface area contributed by atoms with Crippen LogP contribution in [0.4, 0.5) is 0 Å². The molecule has 0 saturated carbocycles. The van der Waals surface area contributed by atoms with Crippen LogP contribution in [0.3, 0.4) is 0 Å². The molecule has 2 aromatic heterocycles. The maximum absolute atomic E-state index is 5.29. The van der Waals surface area contributed by atoms with Crippen LogP contribution in [-0.4, -0.2) is 20.3 Å². The summed E-state index contributed by atoms with van der Waals surface area (Å²) in [5, 5.41) is 8.02. The van der Waals surface area contributed by atoms with E-state index in [9.17, 15) is 0 Å². The number of hydrogen-bond donors (Lipinski definition) is 0. The molecule has 6 nitrogen and oxygen atoms in total. The molecule has 1 aromatic carbocycles. The summed E-state index contributed by atoms with van der Waals surface area (Å²) in [7, 11) is 0. The van der Waals surface area contributed by atoms with E-state index in [4.69, 9.17) is 9.05 Å². The van der Waals surface area contributed by atoms with Crippen molar-refractivity contribution >= 4 is 0 Å². The summed E-state index contributed by atoms with van der Waals surface area (Å²) < 4.78 is 10.5. The second kappa shape index (κ2) is 6.95. The van der Waals surface area contributed by atoms with Gasteiger partial charge in [-0.3, -0.25) is 0 Å². The third kappa shape index (κ3) is 3.53. The molecule has 24 heavy (non-hydrogen) atoms. The number of aromatic nitrogens is 4. The maximum atomic E-state index is 5.29. The lowest BCUT2D eigenvalue weighted by Crippen LogP contribution is -2.01. The van der Waals surface area contributed by atoms with Gasteiger partial charge in [-0.05, 0) is 24.1 Å². The molecule has 0 aliphatic rings. The molecule has 0 amide bonds. The first-order valence-electron chi connectivity index (χ1n) is 8.32. The van der Waals surface area contributed by atoms with Gasteiger partial charge in [0.15, 0.2) is 11.6 Å². The molecule has 3 aromatic rings. The molecule has 126 valence electrons. The molecule has 2 heterocycles. The van der Waals surface area contributed by atoms with E-state index in [0.717, 1.165) is 30.1 Å². The van der Waals surface area contributed by atoms with Crippen molar-refractivity contribution in [2.45, 2.75) is 52.4 Å². The Labute approximate surface area is 141 Å². The number of nitrogens with zero attached hydrogens (tertiary/aromatic N) is 4. The third-order valence-electron chi connectivity index (χ3n) is 3.92. The molecule has 3 rings (SSSR count). The lowest BCUT2D eigenvalue weighted by Gasteiger charge is -2.07. The highest BCUT2D eigenvalue weighted by atomic mass is 16.5. The SMILES string of the molecule is CCc1noc(-c2ccc(CC(C)c3noc(C(C)C)n3)cc2)n1. The average molecular weight is 326 g/mol. The van der Waals surface area contributed by atoms with E-state index in [1.165, 1.54) is 5.56 Å². The minimum Gasteiger partial charge on any atom is -0.339 e. The van der Waals surface area contributed by atoms with Gasteiger partial charge in [0, 0.05) is 23.8 Å². The molecule has 1 atom stereocenters. The number of hydrogen-bond acceptors (Lipinski definition) is 6. The van der Waals surface area contributed by atoms with E-state index in [2.05, 4.69) is 39.3 Å². The van der Waals surface area contributed by atoms with Crippen molar-refractivity contribution in [3.05, 3.63) is 47.4 Å². The molecule has 6 heteroatoms. The predicted molar refractivity (Wildman–Crippen MR) is 89.6 cm³/mol. The van der Waals surface area contributed by atoms with Gasteiger partial charge in [0.1, 0.15) is 0 Å². The normalized spacial score (nSPS) is 12.7. The standard InChI is InChI=1S/C18H22N4O2/c1-5-15-19-18(24-21-15)14-8-6-13(7-9-14)10-12(4)16-20-17(11(2)3)23-22-16/h6-9,11-12H,5,10H2,1-4H3. The van der Waals surface area contributed by atoms with Crippen LogP contribution in [-0.2, 0) is 12.8 Å². The van der Waals surface area contributed by atoms with Crippen LogP contribution in [0, 0.1) is 0 Å². The van der Waals surface area contributed by atoms with Crippen molar-refractivity contribution in [3.63, 3.8) is 0 Å². The number of aryl methyl sites for hydroxylation is 1. The van der Waals surface area contributed by atoms with Gasteiger partial charge in [0.25, 0.3) is 5.89 Å². The second-order valence-corrected chi connectivity index (χ2v) is 6.32. The molecule has 0 bridgehead atoms. The van der Waals surface area contributed by atoms with Crippen molar-refractivity contribution in [1.29, 1.82) is 0 Å². The Morgan fingerprint density at radius 1 is 0.958 bits per heavy atom. The Kier molecular flexibility index (Phi) is 4.74. The van der Waals surface area contributed by atoms with Crippen molar-refractivity contribution in [1.82, 2.24) is 20.3 Å². The van der Waals surface area contributed by atoms with Gasteiger partial charge in [-0.25, -0.2) is 0 Å². The van der Waals surface area contributed by atoms with E-state index in [1.807, 2.05) is 32.9 Å². The van der Waals surface area contributed by atoms with Gasteiger partial charge in [0.2, 0.25) is 5.89 Å². The molecule has 0 radical (unpaired) electrons. The summed E-state index contributed by atoms with van der Waals surface area (Å²) in [5.41, 5.74) is 2.14. The van der Waals surface area contributed by atoms with E-state index < -0.39 is 0 Å². The lowest BCUT2D eigenvalue weighted by atomic mass is 9.99. The molecule has 0 spiro atoms. The Balaban J connectivity index is 1.68. The van der Waals surface area contributed by atoms with E-state index in [-0.39, 0.29) is 11.8 Å². The predicted octanol–water partition coefficient (Wildman–Crippen LogP) is 4.15. The van der Waals surface area contributed by atoms with Crippen molar-refractivity contribution < 1.29 is 9.05 Å². The molecule has 0 aliphatic heterocycles. The quantitative estimate of drug-likeness (QED) is 0.677. The summed E-state index contributed by atoms with van der Waals surface area (Å²) >= 11 is 0. The van der Waals surface area contributed by atoms with Gasteiger partial charge >= 0.3 is 0 Å². The zero-order valence-electron chi connectivity index (χ0n) is 14.5. The first kappa shape index (κ1) is 16.4. The van der Waals surface area contributed by atoms with Crippen LogP contribution in [0.2, 0.25) is 0 Å². The highest BCUT2D eigenvalue weighted by molar-refractivity contribution is 5.53. The number of benzene rings is 1. The van der Waals surface area contributed by atoms with Crippen molar-refractivity contribution in [2.75, 3.05) is 0 Å². The summed E-state index contributed by atoms with van der Waals surface area (Å²) in [5.74, 6) is 3.18. The van der Waals surface area contributed by atoms with Gasteiger partial charge in [-0.1, -0.05) is 50.1 Å². The lowest BCUT2D eigenvalue weighted by molar-refractivity contribution is 0.358. The fourth-order valence-electron chi connectivity index (χ4n) is 2.42. The Morgan fingerprint density at radius 3 is 2.29 bits per heavy atom. The summed E-state index contributed by atoms with van der Waals surface area (Å²) in [4.78, 5) is 8.82. The molecule has 0 aliphatic carbocycles. The summed E-state index contributed by atoms with van der Waals surface area (Å²) in [6.07, 6.45) is 1.61. The minimum absolute atomic E-state index is 0.196. The zero-order chi connectivity index (χ0) is 17.1. The smallest absolute Gasteiger partial charge is 0.257 e. The van der Waals surface area contributed by atoms with E-state index in [1.54, 1.807) is 0 Å². The van der Waals surface area contributed by atoms with Gasteiger partial charge in [0.05, 0.1) is 0 Å². The van der Waals surface area contributed by atoms with E-state index >= 15 is 0 Å². The van der Waals surface area contributed by atoms with Crippen molar-refractivity contribution in [2.24, 2.45) is 0 Å². The van der Waals surface area contributed by atoms with Crippen LogP contribution in [0.1, 0.15) is 62.6 Å². The first-order valence-corrected chi connectivity index (χ1v) is 8.32. The van der Waals surface area contributed by atoms with E-state index in [0.29, 0.717) is 11.8 Å². The largest absolute Gasteiger partial charge is 0.339 e. The van der Waals surface area contributed by atoms with Gasteiger partial charge in [-0.15, -0.1) is 0 Å². The average Bonchev–Trinajstić information content (AvgIpc) is 3.25. The highest BCUT2D eigenvalue weighted by Gasteiger charge is 2.16. The Bertz CT molecular complexity index is 789. The molecule has 0 saturated heterocycles. The zero-order valence-corrected chi connectivity index (χ0v) is 14.5. The van der Waals surface area contributed by atoms with Gasteiger partial charge in [-0.2, -0.15) is 9.97 Å². The maximum Gasteiger partial charge on any atom is 0.257 e. The Morgan fingerprint density at radius 2 is 1.71 bits per heavy atom. The highest BCUT2D eigenvalue weighted by Crippen LogP contribution is 2.23. The van der Waals surface area contributed by atoms with Crippen LogP contribution >= 0.6 is 0 Å². The van der Waals surface area contributed by atoms with Crippen LogP contribution in [0.25, 0.3) is 11.5 Å². The first-order chi connectivity index (χ1) is 11.6. The monoisotopic (exact) mass is 326 g/mol. The van der Waals surface area contributed by atoms with Crippen LogP contribution in [0.5, 0.6) is 0 Å².